The van der Waals surface area contributed by atoms with Gasteiger partial charge in [-0.3, -0.25) is 0 Å². The van der Waals surface area contributed by atoms with E-state index in [1.807, 2.05) is 36.4 Å². The van der Waals surface area contributed by atoms with Gasteiger partial charge in [0.2, 0.25) is 0 Å². The van der Waals surface area contributed by atoms with Crippen LogP contribution in [0.5, 0.6) is 5.75 Å². The molecule has 0 saturated heterocycles. The topological polar surface area (TPSA) is 56.8 Å². The molecular formula is C34H38N2O. The smallest absolute Gasteiger partial charge is 0.119 e. The van der Waals surface area contributed by atoms with Gasteiger partial charge in [-0.05, 0) is 72.8 Å². The zero-order valence-electron chi connectivity index (χ0n) is 22.3. The van der Waals surface area contributed by atoms with Crippen molar-refractivity contribution < 1.29 is 4.74 Å². The van der Waals surface area contributed by atoms with Crippen LogP contribution in [-0.4, -0.2) is 6.61 Å². The van der Waals surface area contributed by atoms with Crippen molar-refractivity contribution in [2.45, 2.75) is 77.6 Å². The number of nitrogens with zero attached hydrogens (tertiary/aromatic N) is 2. The Bertz CT molecular complexity index is 1240. The molecule has 0 aliphatic heterocycles. The standard InChI is InChI=1S/C34H38N2O/c1-3-5-6-7-25-8-10-26(11-9-25)27-12-14-28(15-13-27)31-20-21-32(34(24-36)33(31)23-35)29-16-18-30(19-17-29)37-22-4-2/h12-21,25-26H,3-11,22H2,1-2H3. The number of rotatable bonds is 10. The highest BCUT2D eigenvalue weighted by atomic mass is 16.5. The highest BCUT2D eigenvalue weighted by molar-refractivity contribution is 5.82. The Morgan fingerprint density at radius 3 is 1.78 bits per heavy atom. The van der Waals surface area contributed by atoms with Crippen molar-refractivity contribution >= 4 is 0 Å². The molecule has 3 heteroatoms. The van der Waals surface area contributed by atoms with Crippen LogP contribution in [0.25, 0.3) is 22.3 Å². The maximum Gasteiger partial charge on any atom is 0.119 e. The van der Waals surface area contributed by atoms with Gasteiger partial charge >= 0.3 is 0 Å². The molecule has 0 heterocycles. The van der Waals surface area contributed by atoms with E-state index < -0.39 is 0 Å². The third-order valence-corrected chi connectivity index (χ3v) is 7.82. The van der Waals surface area contributed by atoms with Gasteiger partial charge in [-0.1, -0.05) is 88.1 Å². The zero-order valence-corrected chi connectivity index (χ0v) is 22.3. The fourth-order valence-corrected chi connectivity index (χ4v) is 5.67. The monoisotopic (exact) mass is 490 g/mol. The minimum Gasteiger partial charge on any atom is -0.494 e. The van der Waals surface area contributed by atoms with E-state index in [9.17, 15) is 10.5 Å². The van der Waals surface area contributed by atoms with Crippen molar-refractivity contribution in [2.24, 2.45) is 5.92 Å². The molecule has 0 atom stereocenters. The van der Waals surface area contributed by atoms with Gasteiger partial charge in [-0.15, -0.1) is 0 Å². The molecule has 190 valence electrons. The van der Waals surface area contributed by atoms with Gasteiger partial charge < -0.3 is 4.74 Å². The van der Waals surface area contributed by atoms with Gasteiger partial charge in [0, 0.05) is 11.1 Å². The quantitative estimate of drug-likeness (QED) is 0.266. The molecule has 0 spiro atoms. The number of ether oxygens (including phenoxy) is 1. The molecule has 3 aromatic rings. The second-order valence-corrected chi connectivity index (χ2v) is 10.3. The summed E-state index contributed by atoms with van der Waals surface area (Å²) in [5, 5.41) is 20.1. The van der Waals surface area contributed by atoms with Crippen molar-refractivity contribution in [1.82, 2.24) is 0 Å². The van der Waals surface area contributed by atoms with Gasteiger partial charge in [0.1, 0.15) is 17.9 Å². The van der Waals surface area contributed by atoms with E-state index in [4.69, 9.17) is 4.74 Å². The Labute approximate surface area is 222 Å². The third kappa shape index (κ3) is 6.42. The van der Waals surface area contributed by atoms with Crippen LogP contribution in [0.4, 0.5) is 0 Å². The summed E-state index contributed by atoms with van der Waals surface area (Å²) in [5.74, 6) is 2.35. The van der Waals surface area contributed by atoms with Crippen LogP contribution in [0.3, 0.4) is 0 Å². The Balaban J connectivity index is 1.51. The summed E-state index contributed by atoms with van der Waals surface area (Å²) in [7, 11) is 0. The lowest BCUT2D eigenvalue weighted by molar-refractivity contribution is 0.303. The molecule has 1 fully saturated rings. The molecule has 1 saturated carbocycles. The van der Waals surface area contributed by atoms with Crippen molar-refractivity contribution in [3.05, 3.63) is 77.4 Å². The van der Waals surface area contributed by atoms with E-state index in [2.05, 4.69) is 50.3 Å². The summed E-state index contributed by atoms with van der Waals surface area (Å²) in [5.41, 5.74) is 5.74. The van der Waals surface area contributed by atoms with Gasteiger partial charge in [-0.25, -0.2) is 0 Å². The van der Waals surface area contributed by atoms with E-state index in [-0.39, 0.29) is 0 Å². The Morgan fingerprint density at radius 2 is 1.27 bits per heavy atom. The van der Waals surface area contributed by atoms with E-state index in [0.29, 0.717) is 23.7 Å². The summed E-state index contributed by atoms with van der Waals surface area (Å²) in [6, 6.07) is 25.0. The van der Waals surface area contributed by atoms with Crippen molar-refractivity contribution in [2.75, 3.05) is 6.61 Å². The van der Waals surface area contributed by atoms with Crippen LogP contribution in [0, 0.1) is 28.6 Å². The molecule has 37 heavy (non-hydrogen) atoms. The van der Waals surface area contributed by atoms with Crippen LogP contribution >= 0.6 is 0 Å². The van der Waals surface area contributed by atoms with Gasteiger partial charge in [0.15, 0.2) is 0 Å². The first-order valence-corrected chi connectivity index (χ1v) is 14.0. The SMILES string of the molecule is CCCCCC1CCC(c2ccc(-c3ccc(-c4ccc(OCCC)cc4)c(C#N)c3C#N)cc2)CC1. The number of hydrogen-bond donors (Lipinski definition) is 0. The molecule has 0 radical (unpaired) electrons. The maximum atomic E-state index is 10.0. The molecule has 0 bridgehead atoms. The first kappa shape index (κ1) is 26.5. The molecular weight excluding hydrogens is 452 g/mol. The third-order valence-electron chi connectivity index (χ3n) is 7.82. The number of hydrogen-bond acceptors (Lipinski definition) is 3. The zero-order chi connectivity index (χ0) is 26.0. The summed E-state index contributed by atoms with van der Waals surface area (Å²) in [4.78, 5) is 0. The lowest BCUT2D eigenvalue weighted by Crippen LogP contribution is -2.13. The Kier molecular flexibility index (Phi) is 9.40. The van der Waals surface area contributed by atoms with E-state index >= 15 is 0 Å². The largest absolute Gasteiger partial charge is 0.494 e. The first-order valence-electron chi connectivity index (χ1n) is 14.0. The lowest BCUT2D eigenvalue weighted by Gasteiger charge is -2.29. The Hall–Kier alpha value is -3.56. The summed E-state index contributed by atoms with van der Waals surface area (Å²) in [6.07, 6.45) is 11.6. The highest BCUT2D eigenvalue weighted by Gasteiger charge is 2.22. The average molecular weight is 491 g/mol. The van der Waals surface area contributed by atoms with Crippen LogP contribution in [-0.2, 0) is 0 Å². The summed E-state index contributed by atoms with van der Waals surface area (Å²) < 4.78 is 5.69. The van der Waals surface area contributed by atoms with Gasteiger partial charge in [0.25, 0.3) is 0 Å². The van der Waals surface area contributed by atoms with Crippen LogP contribution in [0.15, 0.2) is 60.7 Å². The molecule has 1 aliphatic rings. The average Bonchev–Trinajstić information content (AvgIpc) is 2.96. The fourth-order valence-electron chi connectivity index (χ4n) is 5.67. The predicted octanol–water partition coefficient (Wildman–Crippen LogP) is 9.41. The fraction of sp³-hybridized carbons (Fsp3) is 0.412. The van der Waals surface area contributed by atoms with E-state index in [1.54, 1.807) is 0 Å². The number of unbranched alkanes of at least 4 members (excludes halogenated alkanes) is 2. The number of nitriles is 2. The molecule has 3 aromatic carbocycles. The van der Waals surface area contributed by atoms with Crippen molar-refractivity contribution in [3.63, 3.8) is 0 Å². The molecule has 0 unspecified atom stereocenters. The van der Waals surface area contributed by atoms with Crippen LogP contribution in [0.1, 0.15) is 94.2 Å². The van der Waals surface area contributed by atoms with Gasteiger partial charge in [0.05, 0.1) is 17.7 Å². The first-order chi connectivity index (χ1) is 18.2. The molecule has 3 nitrogen and oxygen atoms in total. The second kappa shape index (κ2) is 13.1. The summed E-state index contributed by atoms with van der Waals surface area (Å²) >= 11 is 0. The minimum atomic E-state index is 0.424. The normalized spacial score (nSPS) is 17.1. The molecule has 0 N–H and O–H groups in total. The predicted molar refractivity (Wildman–Crippen MR) is 151 cm³/mol. The van der Waals surface area contributed by atoms with Crippen molar-refractivity contribution in [1.29, 1.82) is 10.5 Å². The van der Waals surface area contributed by atoms with E-state index in [1.165, 1.54) is 56.9 Å². The Morgan fingerprint density at radius 1 is 0.703 bits per heavy atom. The van der Waals surface area contributed by atoms with Crippen molar-refractivity contribution in [3.8, 4) is 40.1 Å². The molecule has 0 aromatic heterocycles. The highest BCUT2D eigenvalue weighted by Crippen LogP contribution is 2.39. The van der Waals surface area contributed by atoms with Gasteiger partial charge in [-0.2, -0.15) is 10.5 Å². The van der Waals surface area contributed by atoms with E-state index in [0.717, 1.165) is 40.3 Å². The molecule has 4 rings (SSSR count). The second-order valence-electron chi connectivity index (χ2n) is 10.3. The number of benzene rings is 3. The lowest BCUT2D eigenvalue weighted by atomic mass is 9.77. The minimum absolute atomic E-state index is 0.424. The van der Waals surface area contributed by atoms with Crippen LogP contribution in [0.2, 0.25) is 0 Å². The van der Waals surface area contributed by atoms with Crippen LogP contribution < -0.4 is 4.74 Å². The maximum absolute atomic E-state index is 10.0. The summed E-state index contributed by atoms with van der Waals surface area (Å²) in [6.45, 7) is 5.03. The molecule has 1 aliphatic carbocycles. The molecule has 0 amide bonds.